The summed E-state index contributed by atoms with van der Waals surface area (Å²) in [6, 6.07) is 9.77. The number of nitrogens with zero attached hydrogens (tertiary/aromatic N) is 2. The van der Waals surface area contributed by atoms with Gasteiger partial charge in [0.25, 0.3) is 5.91 Å². The number of phenols is 1. The molecule has 0 aliphatic carbocycles. The summed E-state index contributed by atoms with van der Waals surface area (Å²) in [5, 5.41) is 9.41. The van der Waals surface area contributed by atoms with Gasteiger partial charge in [-0.1, -0.05) is 6.07 Å². The minimum Gasteiger partial charge on any atom is -0.508 e. The molecule has 2 aromatic rings. The maximum Gasteiger partial charge on any atom is 0.426 e. The number of nitrogens with one attached hydrogen (secondary N) is 2. The maximum absolute atomic E-state index is 12.0. The van der Waals surface area contributed by atoms with Crippen LogP contribution in [0.4, 0.5) is 4.79 Å². The summed E-state index contributed by atoms with van der Waals surface area (Å²) < 4.78 is 21.5. The van der Waals surface area contributed by atoms with Crippen LogP contribution in [-0.2, 0) is 11.3 Å². The summed E-state index contributed by atoms with van der Waals surface area (Å²) in [6.45, 7) is 5.23. The molecule has 2 aliphatic rings. The lowest BCUT2D eigenvalue weighted by Crippen LogP contribution is -2.47. The quantitative estimate of drug-likeness (QED) is 0.512. The van der Waals surface area contributed by atoms with Crippen LogP contribution in [0.3, 0.4) is 0 Å². The Bertz CT molecular complexity index is 1020. The van der Waals surface area contributed by atoms with E-state index in [0.29, 0.717) is 23.8 Å². The molecule has 2 heterocycles. The predicted molar refractivity (Wildman–Crippen MR) is 121 cm³/mol. The molecule has 0 saturated carbocycles. The van der Waals surface area contributed by atoms with Gasteiger partial charge in [-0.15, -0.1) is 0 Å². The molecule has 182 valence electrons. The number of ether oxygens (including phenoxy) is 4. The monoisotopic (exact) mass is 472 g/mol. The molecule has 0 unspecified atom stereocenters. The van der Waals surface area contributed by atoms with Gasteiger partial charge in [-0.3, -0.25) is 20.0 Å². The number of hydrogen-bond donors (Lipinski definition) is 3. The number of fused-ring (bicyclic) bond motifs is 1. The van der Waals surface area contributed by atoms with Crippen molar-refractivity contribution in [3.05, 3.63) is 47.5 Å². The second kappa shape index (κ2) is 10.9. The number of carbonyl (C=O) groups is 2. The topological polar surface area (TPSA) is 122 Å². The van der Waals surface area contributed by atoms with Crippen LogP contribution in [0.2, 0.25) is 0 Å². The minimum atomic E-state index is -0.746. The highest BCUT2D eigenvalue weighted by Crippen LogP contribution is 2.42. The molecule has 2 aliphatic heterocycles. The van der Waals surface area contributed by atoms with Crippen LogP contribution in [-0.4, -0.2) is 80.1 Å². The zero-order valence-electron chi connectivity index (χ0n) is 18.9. The van der Waals surface area contributed by atoms with Crippen molar-refractivity contribution < 1.29 is 33.6 Å². The van der Waals surface area contributed by atoms with E-state index in [-0.39, 0.29) is 24.7 Å². The average Bonchev–Trinajstić information content (AvgIpc) is 3.32. The Morgan fingerprint density at radius 2 is 1.85 bits per heavy atom. The first-order valence-corrected chi connectivity index (χ1v) is 10.9. The SMILES string of the molecule is COc1cc(CN2CCN(CCOC(=O)NNC(=O)c3cccc(O)c3)CC2)cc2c1OCO2. The highest BCUT2D eigenvalue weighted by molar-refractivity contribution is 5.95. The van der Waals surface area contributed by atoms with Gasteiger partial charge in [0.15, 0.2) is 11.5 Å². The normalized spacial score (nSPS) is 15.6. The summed E-state index contributed by atoms with van der Waals surface area (Å²) in [7, 11) is 1.62. The van der Waals surface area contributed by atoms with E-state index in [1.54, 1.807) is 7.11 Å². The van der Waals surface area contributed by atoms with Crippen LogP contribution in [0, 0.1) is 0 Å². The fourth-order valence-electron chi connectivity index (χ4n) is 3.84. The molecule has 2 amide bonds. The standard InChI is InChI=1S/C23H28N4O7/c1-31-19-11-16(12-20-21(19)34-15-33-20)14-27-7-5-26(6-8-27)9-10-32-23(30)25-24-22(29)17-3-2-4-18(28)13-17/h2-4,11-13,28H,5-10,14-15H2,1H3,(H,24,29)(H,25,30). The number of hydrogen-bond acceptors (Lipinski definition) is 9. The van der Waals surface area contributed by atoms with Crippen LogP contribution in [0.15, 0.2) is 36.4 Å². The Morgan fingerprint density at radius 1 is 1.06 bits per heavy atom. The second-order valence-electron chi connectivity index (χ2n) is 7.92. The highest BCUT2D eigenvalue weighted by atomic mass is 16.7. The number of rotatable bonds is 7. The molecule has 1 saturated heterocycles. The lowest BCUT2D eigenvalue weighted by atomic mass is 10.1. The first-order valence-electron chi connectivity index (χ1n) is 10.9. The number of carbonyl (C=O) groups excluding carboxylic acids is 2. The van der Waals surface area contributed by atoms with Crippen molar-refractivity contribution in [1.29, 1.82) is 0 Å². The van der Waals surface area contributed by atoms with Crippen LogP contribution >= 0.6 is 0 Å². The molecule has 0 atom stereocenters. The van der Waals surface area contributed by atoms with Crippen LogP contribution in [0.1, 0.15) is 15.9 Å². The number of piperazine rings is 1. The molecule has 4 rings (SSSR count). The fraction of sp³-hybridized carbons (Fsp3) is 0.391. The second-order valence-corrected chi connectivity index (χ2v) is 7.92. The fourth-order valence-corrected chi connectivity index (χ4v) is 3.84. The van der Waals surface area contributed by atoms with E-state index < -0.39 is 12.0 Å². The Hall–Kier alpha value is -3.70. The molecule has 0 bridgehead atoms. The maximum atomic E-state index is 12.0. The first-order chi connectivity index (χ1) is 16.5. The predicted octanol–water partition coefficient (Wildman–Crippen LogP) is 1.32. The van der Waals surface area contributed by atoms with Gasteiger partial charge in [-0.05, 0) is 35.9 Å². The lowest BCUT2D eigenvalue weighted by Gasteiger charge is -2.34. The van der Waals surface area contributed by atoms with Crippen LogP contribution < -0.4 is 25.1 Å². The van der Waals surface area contributed by atoms with Crippen molar-refractivity contribution in [2.45, 2.75) is 6.54 Å². The summed E-state index contributed by atoms with van der Waals surface area (Å²) in [4.78, 5) is 28.3. The zero-order chi connectivity index (χ0) is 23.9. The number of methoxy groups -OCH3 is 1. The molecule has 11 nitrogen and oxygen atoms in total. The summed E-state index contributed by atoms with van der Waals surface area (Å²) in [6.07, 6.45) is -0.746. The molecule has 2 aromatic carbocycles. The molecular weight excluding hydrogens is 444 g/mol. The molecule has 1 fully saturated rings. The third-order valence-corrected chi connectivity index (χ3v) is 5.62. The number of phenolic OH excluding ortho intramolecular Hbond substituents is 1. The summed E-state index contributed by atoms with van der Waals surface area (Å²) in [5.41, 5.74) is 5.77. The van der Waals surface area contributed by atoms with Crippen molar-refractivity contribution in [1.82, 2.24) is 20.7 Å². The zero-order valence-corrected chi connectivity index (χ0v) is 18.9. The van der Waals surface area contributed by atoms with E-state index in [1.165, 1.54) is 24.3 Å². The first kappa shape index (κ1) is 23.5. The van der Waals surface area contributed by atoms with Crippen molar-refractivity contribution in [3.63, 3.8) is 0 Å². The van der Waals surface area contributed by atoms with Crippen LogP contribution in [0.5, 0.6) is 23.0 Å². The van der Waals surface area contributed by atoms with E-state index in [1.807, 2.05) is 12.1 Å². The largest absolute Gasteiger partial charge is 0.508 e. The smallest absolute Gasteiger partial charge is 0.426 e. The van der Waals surface area contributed by atoms with E-state index >= 15 is 0 Å². The van der Waals surface area contributed by atoms with Gasteiger partial charge < -0.3 is 24.1 Å². The van der Waals surface area contributed by atoms with Gasteiger partial charge in [0.05, 0.1) is 7.11 Å². The lowest BCUT2D eigenvalue weighted by molar-refractivity contribution is 0.0842. The number of benzene rings is 2. The Kier molecular flexibility index (Phi) is 7.55. The molecular formula is C23H28N4O7. The Balaban J connectivity index is 1.13. The number of hydrazine groups is 1. The van der Waals surface area contributed by atoms with Crippen molar-refractivity contribution in [2.75, 3.05) is 53.2 Å². The van der Waals surface area contributed by atoms with Crippen molar-refractivity contribution >= 4 is 12.0 Å². The molecule has 3 N–H and O–H groups in total. The van der Waals surface area contributed by atoms with Gasteiger partial charge in [-0.25, -0.2) is 10.2 Å². The summed E-state index contributed by atoms with van der Waals surface area (Å²) in [5.74, 6) is 1.45. The minimum absolute atomic E-state index is 0.0362. The van der Waals surface area contributed by atoms with E-state index in [2.05, 4.69) is 20.7 Å². The molecule has 0 radical (unpaired) electrons. The third-order valence-electron chi connectivity index (χ3n) is 5.62. The highest BCUT2D eigenvalue weighted by Gasteiger charge is 2.22. The summed E-state index contributed by atoms with van der Waals surface area (Å²) >= 11 is 0. The van der Waals surface area contributed by atoms with Crippen molar-refractivity contribution in [3.8, 4) is 23.0 Å². The van der Waals surface area contributed by atoms with Gasteiger partial charge >= 0.3 is 6.09 Å². The van der Waals surface area contributed by atoms with Gasteiger partial charge in [0.2, 0.25) is 12.5 Å². The average molecular weight is 472 g/mol. The van der Waals surface area contributed by atoms with Crippen molar-refractivity contribution in [2.24, 2.45) is 0 Å². The molecule has 0 spiro atoms. The van der Waals surface area contributed by atoms with Crippen LogP contribution in [0.25, 0.3) is 0 Å². The Morgan fingerprint density at radius 3 is 2.62 bits per heavy atom. The molecule has 11 heteroatoms. The van der Waals surface area contributed by atoms with Gasteiger partial charge in [0, 0.05) is 44.8 Å². The van der Waals surface area contributed by atoms with E-state index in [4.69, 9.17) is 18.9 Å². The van der Waals surface area contributed by atoms with E-state index in [0.717, 1.165) is 38.3 Å². The van der Waals surface area contributed by atoms with Gasteiger partial charge in [0.1, 0.15) is 12.4 Å². The number of amides is 2. The van der Waals surface area contributed by atoms with E-state index in [9.17, 15) is 14.7 Å². The molecule has 34 heavy (non-hydrogen) atoms. The van der Waals surface area contributed by atoms with Gasteiger partial charge in [-0.2, -0.15) is 0 Å². The number of aromatic hydroxyl groups is 1. The Labute approximate surface area is 197 Å². The third kappa shape index (κ3) is 6.00. The molecule has 0 aromatic heterocycles.